The molecule has 0 spiro atoms. The van der Waals surface area contributed by atoms with Crippen molar-refractivity contribution < 1.29 is 38.5 Å². The van der Waals surface area contributed by atoms with Crippen molar-refractivity contribution >= 4 is 15.6 Å². The molecule has 1 rings (SSSR count). The van der Waals surface area contributed by atoms with Gasteiger partial charge in [-0.2, -0.15) is 0 Å². The number of benzene rings is 1. The number of rotatable bonds is 1. The molecule has 0 unspecified atom stereocenters. The second-order valence-corrected chi connectivity index (χ2v) is 5.65. The van der Waals surface area contributed by atoms with Gasteiger partial charge in [-0.3, -0.25) is 0 Å². The fourth-order valence-corrected chi connectivity index (χ4v) is 0.838. The smallest absolute Gasteiger partial charge is 0.303 e. The third-order valence-electron chi connectivity index (χ3n) is 1.47. The zero-order chi connectivity index (χ0) is 15.7. The third kappa shape index (κ3) is 31.8. The van der Waals surface area contributed by atoms with E-state index >= 15 is 0 Å². The standard InChI is InChI=1S/C9H12.2H3O4P/c1-8(2)9-6-4-3-5-7-9;2*1-5(2,3)4/h3-8H,1-2H3;2*(H3,1,2,3,4). The lowest BCUT2D eigenvalue weighted by atomic mass is 10.0. The highest BCUT2D eigenvalue weighted by Crippen LogP contribution is 2.26. The maximum absolute atomic E-state index is 8.88. The van der Waals surface area contributed by atoms with Crippen LogP contribution in [0.5, 0.6) is 0 Å². The predicted octanol–water partition coefficient (Wildman–Crippen LogP) is 0.953. The summed E-state index contributed by atoms with van der Waals surface area (Å²) in [5.41, 5.74) is 1.41. The van der Waals surface area contributed by atoms with Crippen LogP contribution in [0.3, 0.4) is 0 Å². The molecule has 0 aromatic heterocycles. The Kier molecular flexibility index (Phi) is 10.2. The molecule has 10 heteroatoms. The van der Waals surface area contributed by atoms with Gasteiger partial charge in [0.1, 0.15) is 0 Å². The van der Waals surface area contributed by atoms with E-state index in [1.54, 1.807) is 0 Å². The quantitative estimate of drug-likeness (QED) is 0.418. The van der Waals surface area contributed by atoms with E-state index in [1.165, 1.54) is 5.56 Å². The minimum atomic E-state index is -4.64. The zero-order valence-corrected chi connectivity index (χ0v) is 12.1. The maximum Gasteiger partial charge on any atom is 0.466 e. The molecule has 6 N–H and O–H groups in total. The molecule has 0 saturated heterocycles. The fraction of sp³-hybridized carbons (Fsp3) is 0.333. The Balaban J connectivity index is 0. The highest BCUT2D eigenvalue weighted by molar-refractivity contribution is 7.45. The normalized spacial score (nSPS) is 11.0. The van der Waals surface area contributed by atoms with Crippen LogP contribution in [-0.2, 0) is 9.13 Å². The molecule has 0 saturated carbocycles. The zero-order valence-electron chi connectivity index (χ0n) is 10.4. The van der Waals surface area contributed by atoms with Gasteiger partial charge >= 0.3 is 15.6 Å². The van der Waals surface area contributed by atoms with Gasteiger partial charge in [-0.05, 0) is 11.5 Å². The Morgan fingerprint density at radius 1 is 0.789 bits per heavy atom. The van der Waals surface area contributed by atoms with E-state index in [9.17, 15) is 0 Å². The van der Waals surface area contributed by atoms with Crippen molar-refractivity contribution in [2.45, 2.75) is 19.8 Å². The average molecular weight is 316 g/mol. The highest BCUT2D eigenvalue weighted by Gasteiger charge is 2.00. The second kappa shape index (κ2) is 9.36. The van der Waals surface area contributed by atoms with Crippen molar-refractivity contribution in [3.63, 3.8) is 0 Å². The summed E-state index contributed by atoms with van der Waals surface area (Å²) in [6.45, 7) is 4.41. The Morgan fingerprint density at radius 2 is 1.05 bits per heavy atom. The molecule has 19 heavy (non-hydrogen) atoms. The van der Waals surface area contributed by atoms with Crippen LogP contribution in [0.4, 0.5) is 0 Å². The van der Waals surface area contributed by atoms with Crippen molar-refractivity contribution in [1.82, 2.24) is 0 Å². The minimum absolute atomic E-state index is 0.659. The van der Waals surface area contributed by atoms with E-state index in [0.717, 1.165) is 0 Å². The molecule has 0 heterocycles. The van der Waals surface area contributed by atoms with E-state index in [4.69, 9.17) is 38.5 Å². The largest absolute Gasteiger partial charge is 0.466 e. The highest BCUT2D eigenvalue weighted by atomic mass is 31.2. The first-order chi connectivity index (χ1) is 8.30. The van der Waals surface area contributed by atoms with E-state index in [-0.39, 0.29) is 0 Å². The Hall–Kier alpha value is -0.560. The van der Waals surface area contributed by atoms with Crippen LogP contribution in [0.2, 0.25) is 0 Å². The van der Waals surface area contributed by atoms with Gasteiger partial charge in [0.05, 0.1) is 0 Å². The van der Waals surface area contributed by atoms with Gasteiger partial charge in [-0.1, -0.05) is 44.2 Å². The first kappa shape index (κ1) is 20.8. The Labute approximate surface area is 110 Å². The van der Waals surface area contributed by atoms with Crippen LogP contribution in [0.15, 0.2) is 30.3 Å². The molecule has 0 fully saturated rings. The second-order valence-electron chi connectivity index (χ2n) is 3.59. The van der Waals surface area contributed by atoms with Crippen molar-refractivity contribution in [2.75, 3.05) is 0 Å². The van der Waals surface area contributed by atoms with Crippen LogP contribution in [0.25, 0.3) is 0 Å². The summed E-state index contributed by atoms with van der Waals surface area (Å²) in [6, 6.07) is 10.5. The van der Waals surface area contributed by atoms with Crippen molar-refractivity contribution in [2.24, 2.45) is 0 Å². The Morgan fingerprint density at radius 3 is 1.21 bits per heavy atom. The summed E-state index contributed by atoms with van der Waals surface area (Å²) < 4.78 is 17.8. The first-order valence-electron chi connectivity index (χ1n) is 4.92. The van der Waals surface area contributed by atoms with Gasteiger partial charge in [0.25, 0.3) is 0 Å². The average Bonchev–Trinajstić information content (AvgIpc) is 2.13. The summed E-state index contributed by atoms with van der Waals surface area (Å²) >= 11 is 0. The number of phosphoric acid groups is 2. The molecule has 0 aliphatic rings. The SMILES string of the molecule is CC(C)c1ccccc1.O=P(O)(O)O.O=P(O)(O)O. The monoisotopic (exact) mass is 316 g/mol. The molecule has 0 atom stereocenters. The van der Waals surface area contributed by atoms with Gasteiger partial charge in [0.15, 0.2) is 0 Å². The molecule has 1 aromatic rings. The minimum Gasteiger partial charge on any atom is -0.303 e. The lowest BCUT2D eigenvalue weighted by Gasteiger charge is -2.01. The van der Waals surface area contributed by atoms with Gasteiger partial charge in [-0.25, -0.2) is 9.13 Å². The van der Waals surface area contributed by atoms with Crippen LogP contribution >= 0.6 is 15.6 Å². The van der Waals surface area contributed by atoms with Crippen molar-refractivity contribution in [3.8, 4) is 0 Å². The van der Waals surface area contributed by atoms with Gasteiger partial charge in [0, 0.05) is 0 Å². The predicted molar refractivity (Wildman–Crippen MR) is 69.1 cm³/mol. The van der Waals surface area contributed by atoms with E-state index < -0.39 is 15.6 Å². The van der Waals surface area contributed by atoms with Crippen LogP contribution in [0, 0.1) is 0 Å². The summed E-state index contributed by atoms with van der Waals surface area (Å²) in [5, 5.41) is 0. The summed E-state index contributed by atoms with van der Waals surface area (Å²) in [4.78, 5) is 43.1. The van der Waals surface area contributed by atoms with Crippen LogP contribution < -0.4 is 0 Å². The summed E-state index contributed by atoms with van der Waals surface area (Å²) in [6.07, 6.45) is 0. The van der Waals surface area contributed by atoms with E-state index in [2.05, 4.69) is 38.1 Å². The summed E-state index contributed by atoms with van der Waals surface area (Å²) in [7, 11) is -9.28. The molecule has 0 bridgehead atoms. The maximum atomic E-state index is 8.88. The number of hydrogen-bond acceptors (Lipinski definition) is 2. The molecule has 0 aliphatic heterocycles. The van der Waals surface area contributed by atoms with Crippen molar-refractivity contribution in [3.05, 3.63) is 35.9 Å². The van der Waals surface area contributed by atoms with Crippen LogP contribution in [0.1, 0.15) is 25.3 Å². The summed E-state index contributed by atoms with van der Waals surface area (Å²) in [5.74, 6) is 0.659. The third-order valence-corrected chi connectivity index (χ3v) is 1.47. The Bertz CT molecular complexity index is 385. The van der Waals surface area contributed by atoms with E-state index in [1.807, 2.05) is 6.07 Å². The number of hydrogen-bond donors (Lipinski definition) is 6. The van der Waals surface area contributed by atoms with Gasteiger partial charge in [-0.15, -0.1) is 0 Å². The van der Waals surface area contributed by atoms with Gasteiger partial charge < -0.3 is 29.4 Å². The lowest BCUT2D eigenvalue weighted by molar-refractivity contribution is 0.272. The van der Waals surface area contributed by atoms with Crippen LogP contribution in [-0.4, -0.2) is 29.4 Å². The fourth-order valence-electron chi connectivity index (χ4n) is 0.838. The van der Waals surface area contributed by atoms with E-state index in [0.29, 0.717) is 5.92 Å². The molecular weight excluding hydrogens is 298 g/mol. The molecule has 112 valence electrons. The molecular formula is C9H18O8P2. The first-order valence-corrected chi connectivity index (χ1v) is 8.05. The molecule has 8 nitrogen and oxygen atoms in total. The molecule has 0 radical (unpaired) electrons. The topological polar surface area (TPSA) is 156 Å². The lowest BCUT2D eigenvalue weighted by Crippen LogP contribution is -1.83. The van der Waals surface area contributed by atoms with Gasteiger partial charge in [0.2, 0.25) is 0 Å². The molecule has 1 aromatic carbocycles. The van der Waals surface area contributed by atoms with Crippen molar-refractivity contribution in [1.29, 1.82) is 0 Å². The molecule has 0 aliphatic carbocycles. The molecule has 0 amide bonds.